The number of amides is 2. The average Bonchev–Trinajstić information content (AvgIpc) is 3.45. The Hall–Kier alpha value is -2.70. The number of nitrogens with zero attached hydrogens (tertiary/aromatic N) is 3. The van der Waals surface area contributed by atoms with Gasteiger partial charge in [-0.1, -0.05) is 0 Å². The van der Waals surface area contributed by atoms with Gasteiger partial charge >= 0.3 is 0 Å². The molecule has 0 spiro atoms. The van der Waals surface area contributed by atoms with Gasteiger partial charge in [-0.15, -0.1) is 22.7 Å². The number of aromatic nitrogens is 3. The lowest BCUT2D eigenvalue weighted by Gasteiger charge is -2.15. The van der Waals surface area contributed by atoms with Gasteiger partial charge in [0.2, 0.25) is 5.91 Å². The average molecular weight is 554 g/mol. The number of rotatable bonds is 6. The number of pyridine rings is 1. The molecule has 0 saturated heterocycles. The fourth-order valence-electron chi connectivity index (χ4n) is 3.43. The first kappa shape index (κ1) is 23.5. The van der Waals surface area contributed by atoms with E-state index in [0.717, 1.165) is 26.4 Å². The minimum absolute atomic E-state index is 0.0392. The SMILES string of the molecule is Cc1ccc(-c2cc(C(F)F)nc3sc(C(N)=O)c(NC(=O)C(C)n4ncc(Br)c4C)c23)s1. The Labute approximate surface area is 203 Å². The molecule has 3 N–H and O–H groups in total. The molecule has 12 heteroatoms. The van der Waals surface area contributed by atoms with E-state index in [-0.39, 0.29) is 15.4 Å². The number of thiophene rings is 2. The summed E-state index contributed by atoms with van der Waals surface area (Å²) in [5.41, 5.74) is 6.54. The van der Waals surface area contributed by atoms with Crippen molar-refractivity contribution in [2.75, 3.05) is 5.32 Å². The van der Waals surface area contributed by atoms with Gasteiger partial charge in [-0.05, 0) is 54.9 Å². The third-order valence-electron chi connectivity index (χ3n) is 5.11. The van der Waals surface area contributed by atoms with Crippen molar-refractivity contribution in [3.63, 3.8) is 0 Å². The quantitative estimate of drug-likeness (QED) is 0.313. The normalized spacial score (nSPS) is 12.5. The molecule has 4 aromatic heterocycles. The highest BCUT2D eigenvalue weighted by Gasteiger charge is 2.27. The van der Waals surface area contributed by atoms with Crippen molar-refractivity contribution < 1.29 is 18.4 Å². The predicted molar refractivity (Wildman–Crippen MR) is 129 cm³/mol. The van der Waals surface area contributed by atoms with E-state index in [2.05, 4.69) is 31.3 Å². The van der Waals surface area contributed by atoms with Gasteiger partial charge in [-0.2, -0.15) is 5.10 Å². The number of nitrogens with one attached hydrogen (secondary N) is 1. The highest BCUT2D eigenvalue weighted by molar-refractivity contribution is 9.10. The molecule has 0 bridgehead atoms. The van der Waals surface area contributed by atoms with Crippen LogP contribution in [0.5, 0.6) is 0 Å². The smallest absolute Gasteiger partial charge is 0.280 e. The summed E-state index contributed by atoms with van der Waals surface area (Å²) < 4.78 is 29.4. The van der Waals surface area contributed by atoms with Crippen LogP contribution in [0.25, 0.3) is 20.7 Å². The topological polar surface area (TPSA) is 103 Å². The number of hydrogen-bond donors (Lipinski definition) is 2. The number of alkyl halides is 2. The van der Waals surface area contributed by atoms with Crippen LogP contribution in [0.15, 0.2) is 28.9 Å². The van der Waals surface area contributed by atoms with E-state index in [9.17, 15) is 18.4 Å². The number of nitrogens with two attached hydrogens (primary N) is 1. The zero-order valence-electron chi connectivity index (χ0n) is 17.6. The lowest BCUT2D eigenvalue weighted by atomic mass is 10.1. The Bertz CT molecular complexity index is 1390. The van der Waals surface area contributed by atoms with Crippen molar-refractivity contribution in [1.29, 1.82) is 0 Å². The molecule has 7 nitrogen and oxygen atoms in total. The van der Waals surface area contributed by atoms with E-state index in [1.165, 1.54) is 22.1 Å². The van der Waals surface area contributed by atoms with Crippen LogP contribution in [0.2, 0.25) is 0 Å². The summed E-state index contributed by atoms with van der Waals surface area (Å²) in [6.45, 7) is 5.37. The van der Waals surface area contributed by atoms with Gasteiger partial charge in [0.25, 0.3) is 12.3 Å². The van der Waals surface area contributed by atoms with Crippen LogP contribution in [0.4, 0.5) is 14.5 Å². The molecular weight excluding hydrogens is 536 g/mol. The van der Waals surface area contributed by atoms with E-state index in [1.807, 2.05) is 26.0 Å². The van der Waals surface area contributed by atoms with Crippen molar-refractivity contribution in [3.05, 3.63) is 50.0 Å². The maximum Gasteiger partial charge on any atom is 0.280 e. The second-order valence-corrected chi connectivity index (χ2v) is 10.5. The first-order valence-electron chi connectivity index (χ1n) is 9.71. The van der Waals surface area contributed by atoms with Crippen molar-refractivity contribution in [1.82, 2.24) is 14.8 Å². The second kappa shape index (κ2) is 8.92. The molecule has 0 aliphatic carbocycles. The highest BCUT2D eigenvalue weighted by atomic mass is 79.9. The number of anilines is 1. The Balaban J connectivity index is 1.89. The van der Waals surface area contributed by atoms with E-state index >= 15 is 0 Å². The molecule has 33 heavy (non-hydrogen) atoms. The van der Waals surface area contributed by atoms with Gasteiger partial charge in [0.05, 0.1) is 22.1 Å². The van der Waals surface area contributed by atoms with E-state index in [4.69, 9.17) is 5.73 Å². The molecule has 1 atom stereocenters. The summed E-state index contributed by atoms with van der Waals surface area (Å²) >= 11 is 5.66. The molecule has 0 aromatic carbocycles. The summed E-state index contributed by atoms with van der Waals surface area (Å²) in [6, 6.07) is 4.26. The van der Waals surface area contributed by atoms with Gasteiger partial charge in [-0.25, -0.2) is 13.8 Å². The van der Waals surface area contributed by atoms with E-state index in [1.54, 1.807) is 13.1 Å². The molecule has 4 rings (SSSR count). The van der Waals surface area contributed by atoms with E-state index in [0.29, 0.717) is 15.8 Å². The van der Waals surface area contributed by atoms with Crippen LogP contribution in [-0.2, 0) is 4.79 Å². The zero-order valence-corrected chi connectivity index (χ0v) is 20.9. The molecule has 0 aliphatic heterocycles. The molecule has 1 unspecified atom stereocenters. The first-order valence-corrected chi connectivity index (χ1v) is 12.1. The summed E-state index contributed by atoms with van der Waals surface area (Å²) in [5, 5.41) is 7.40. The molecule has 0 fully saturated rings. The van der Waals surface area contributed by atoms with Crippen molar-refractivity contribution in [2.45, 2.75) is 33.2 Å². The minimum atomic E-state index is -2.80. The van der Waals surface area contributed by atoms with Crippen LogP contribution in [-0.4, -0.2) is 26.6 Å². The fraction of sp³-hybridized carbons (Fsp3) is 0.238. The molecule has 4 aromatic rings. The Kier molecular flexibility index (Phi) is 6.34. The highest BCUT2D eigenvalue weighted by Crippen LogP contribution is 2.44. The van der Waals surface area contributed by atoms with Crippen molar-refractivity contribution >= 4 is 66.3 Å². The van der Waals surface area contributed by atoms with Crippen LogP contribution >= 0.6 is 38.6 Å². The number of hydrogen-bond acceptors (Lipinski definition) is 6. The largest absolute Gasteiger partial charge is 0.365 e. The van der Waals surface area contributed by atoms with Crippen LogP contribution in [0.1, 0.15) is 45.3 Å². The van der Waals surface area contributed by atoms with E-state index < -0.39 is 30.0 Å². The third kappa shape index (κ3) is 4.30. The van der Waals surface area contributed by atoms with Gasteiger partial charge in [0, 0.05) is 20.7 Å². The van der Waals surface area contributed by atoms with Gasteiger partial charge in [-0.3, -0.25) is 14.3 Å². The monoisotopic (exact) mass is 553 g/mol. The van der Waals surface area contributed by atoms with Crippen LogP contribution in [0.3, 0.4) is 0 Å². The van der Waals surface area contributed by atoms with Crippen molar-refractivity contribution in [2.24, 2.45) is 5.73 Å². The number of aryl methyl sites for hydroxylation is 1. The number of carbonyl (C=O) groups is 2. The molecule has 0 aliphatic rings. The lowest BCUT2D eigenvalue weighted by molar-refractivity contribution is -0.119. The van der Waals surface area contributed by atoms with Crippen LogP contribution < -0.4 is 11.1 Å². The fourth-order valence-corrected chi connectivity index (χ4v) is 5.60. The van der Waals surface area contributed by atoms with Crippen molar-refractivity contribution in [3.8, 4) is 10.4 Å². The molecule has 4 heterocycles. The number of fused-ring (bicyclic) bond motifs is 1. The number of halogens is 3. The first-order chi connectivity index (χ1) is 15.6. The summed E-state index contributed by atoms with van der Waals surface area (Å²) in [5.74, 6) is -1.23. The van der Waals surface area contributed by atoms with Gasteiger partial charge in [0.1, 0.15) is 21.4 Å². The Morgan fingerprint density at radius 2 is 1.97 bits per heavy atom. The summed E-state index contributed by atoms with van der Waals surface area (Å²) in [7, 11) is 0. The summed E-state index contributed by atoms with van der Waals surface area (Å²) in [4.78, 5) is 31.4. The molecular formula is C21H18BrF2N5O2S2. The maximum atomic E-state index is 13.6. The summed E-state index contributed by atoms with van der Waals surface area (Å²) in [6.07, 6.45) is -1.21. The molecule has 0 saturated carbocycles. The zero-order chi connectivity index (χ0) is 24.0. The molecule has 172 valence electrons. The molecule has 0 radical (unpaired) electrons. The third-order valence-corrected chi connectivity index (χ3v) is 8.03. The lowest BCUT2D eigenvalue weighted by Crippen LogP contribution is -2.26. The minimum Gasteiger partial charge on any atom is -0.365 e. The second-order valence-electron chi connectivity index (χ2n) is 7.34. The number of carbonyl (C=O) groups excluding carboxylic acids is 2. The maximum absolute atomic E-state index is 13.6. The number of primary amides is 1. The van der Waals surface area contributed by atoms with Gasteiger partial charge in [0.15, 0.2) is 0 Å². The predicted octanol–water partition coefficient (Wildman–Crippen LogP) is 5.84. The molecule has 2 amide bonds. The Morgan fingerprint density at radius 3 is 2.52 bits per heavy atom. The van der Waals surface area contributed by atoms with Crippen LogP contribution in [0, 0.1) is 13.8 Å². The van der Waals surface area contributed by atoms with Gasteiger partial charge < -0.3 is 11.1 Å². The standard InChI is InChI=1S/C21H18BrF2N5O2S2/c1-8-4-5-14(32-8)11-6-13(18(23)24)27-21-15(11)16(17(33-21)19(25)30)28-20(31)10(3)29-9(2)12(22)7-26-29/h4-7,10,18H,1-3H3,(H2,25,30)(H,28,31). The Morgan fingerprint density at radius 1 is 1.24 bits per heavy atom.